The van der Waals surface area contributed by atoms with Crippen molar-refractivity contribution in [1.29, 1.82) is 0 Å². The second-order valence-electron chi connectivity index (χ2n) is 3.74. The van der Waals surface area contributed by atoms with Crippen LogP contribution in [0.4, 0.5) is 0 Å². The van der Waals surface area contributed by atoms with Gasteiger partial charge in [0.1, 0.15) is 0 Å². The lowest BCUT2D eigenvalue weighted by molar-refractivity contribution is 0.0704. The minimum Gasteiger partial charge on any atom is -0.409 e. The molecule has 0 aromatic rings. The Morgan fingerprint density at radius 3 is 2.53 bits per heavy atom. The molecule has 0 aromatic carbocycles. The van der Waals surface area contributed by atoms with Gasteiger partial charge in [0.05, 0.1) is 19.3 Å². The Bertz CT molecular complexity index is 377. The highest BCUT2D eigenvalue weighted by Gasteiger charge is 2.32. The monoisotopic (exact) mass is 266 g/mol. The zero-order valence-electron chi connectivity index (χ0n) is 9.90. The number of oxime groups is 1. The van der Waals surface area contributed by atoms with Crippen LogP contribution in [0.5, 0.6) is 0 Å². The molecule has 8 nitrogen and oxygen atoms in total. The van der Waals surface area contributed by atoms with E-state index in [0.29, 0.717) is 26.3 Å². The van der Waals surface area contributed by atoms with Crippen molar-refractivity contribution in [3.8, 4) is 0 Å². The largest absolute Gasteiger partial charge is 0.409 e. The van der Waals surface area contributed by atoms with Gasteiger partial charge in [0.15, 0.2) is 5.84 Å². The first kappa shape index (κ1) is 14.2. The van der Waals surface area contributed by atoms with Gasteiger partial charge in [-0.15, -0.1) is 0 Å². The molecule has 0 saturated carbocycles. The zero-order valence-corrected chi connectivity index (χ0v) is 10.7. The lowest BCUT2D eigenvalue weighted by Crippen LogP contribution is -2.52. The van der Waals surface area contributed by atoms with E-state index in [-0.39, 0.29) is 5.84 Å². The van der Waals surface area contributed by atoms with E-state index in [1.54, 1.807) is 6.92 Å². The summed E-state index contributed by atoms with van der Waals surface area (Å²) in [6, 6.07) is -0.701. The minimum absolute atomic E-state index is 0.149. The zero-order chi connectivity index (χ0) is 13.1. The summed E-state index contributed by atoms with van der Waals surface area (Å²) in [5, 5.41) is 11.4. The molecule has 1 saturated heterocycles. The van der Waals surface area contributed by atoms with Crippen molar-refractivity contribution >= 4 is 16.0 Å². The van der Waals surface area contributed by atoms with Crippen LogP contribution in [0, 0.1) is 0 Å². The van der Waals surface area contributed by atoms with Crippen LogP contribution in [0.1, 0.15) is 6.92 Å². The molecular formula is C8H18N4O4S. The summed E-state index contributed by atoms with van der Waals surface area (Å²) < 4.78 is 31.8. The first-order valence-corrected chi connectivity index (χ1v) is 6.59. The van der Waals surface area contributed by atoms with Crippen molar-refractivity contribution in [3.63, 3.8) is 0 Å². The predicted molar refractivity (Wildman–Crippen MR) is 61.9 cm³/mol. The summed E-state index contributed by atoms with van der Waals surface area (Å²) >= 11 is 0. The molecule has 0 aromatic heterocycles. The molecule has 3 N–H and O–H groups in total. The Morgan fingerprint density at radius 1 is 1.53 bits per heavy atom. The number of hydrogen-bond donors (Lipinski definition) is 2. The van der Waals surface area contributed by atoms with Gasteiger partial charge in [-0.25, -0.2) is 0 Å². The van der Waals surface area contributed by atoms with Gasteiger partial charge in [-0.2, -0.15) is 17.0 Å². The Balaban J connectivity index is 2.82. The highest BCUT2D eigenvalue weighted by Crippen LogP contribution is 2.12. The Morgan fingerprint density at radius 2 is 2.06 bits per heavy atom. The maximum Gasteiger partial charge on any atom is 0.282 e. The van der Waals surface area contributed by atoms with Gasteiger partial charge < -0.3 is 15.7 Å². The third kappa shape index (κ3) is 3.06. The van der Waals surface area contributed by atoms with E-state index in [1.807, 2.05) is 0 Å². The molecule has 1 atom stereocenters. The average molecular weight is 266 g/mol. The van der Waals surface area contributed by atoms with Crippen molar-refractivity contribution in [1.82, 2.24) is 8.61 Å². The summed E-state index contributed by atoms with van der Waals surface area (Å²) in [6.07, 6.45) is 0. The number of nitrogens with zero attached hydrogens (tertiary/aromatic N) is 3. The third-order valence-corrected chi connectivity index (χ3v) is 4.81. The summed E-state index contributed by atoms with van der Waals surface area (Å²) in [7, 11) is -2.21. The van der Waals surface area contributed by atoms with E-state index >= 15 is 0 Å². The van der Waals surface area contributed by atoms with Crippen molar-refractivity contribution in [2.75, 3.05) is 33.4 Å². The van der Waals surface area contributed by atoms with Gasteiger partial charge in [-0.05, 0) is 6.92 Å². The lowest BCUT2D eigenvalue weighted by atomic mass is 10.3. The second kappa shape index (κ2) is 5.63. The molecule has 0 aliphatic carbocycles. The van der Waals surface area contributed by atoms with Crippen LogP contribution in [-0.4, -0.2) is 67.5 Å². The minimum atomic E-state index is -3.60. The quantitative estimate of drug-likeness (QED) is 0.282. The summed E-state index contributed by atoms with van der Waals surface area (Å²) in [5.74, 6) is -0.149. The molecule has 1 aliphatic heterocycles. The van der Waals surface area contributed by atoms with Crippen molar-refractivity contribution in [2.45, 2.75) is 13.0 Å². The lowest BCUT2D eigenvalue weighted by Gasteiger charge is -2.32. The van der Waals surface area contributed by atoms with E-state index in [1.165, 1.54) is 11.4 Å². The number of ether oxygens (including phenoxy) is 1. The van der Waals surface area contributed by atoms with E-state index in [2.05, 4.69) is 5.16 Å². The van der Waals surface area contributed by atoms with Gasteiger partial charge in [0.2, 0.25) is 0 Å². The van der Waals surface area contributed by atoms with Gasteiger partial charge in [-0.1, -0.05) is 5.16 Å². The predicted octanol–water partition coefficient (Wildman–Crippen LogP) is -1.37. The average Bonchev–Trinajstić information content (AvgIpc) is 2.37. The highest BCUT2D eigenvalue weighted by molar-refractivity contribution is 7.86. The third-order valence-electron chi connectivity index (χ3n) is 2.75. The van der Waals surface area contributed by atoms with Gasteiger partial charge in [0, 0.05) is 20.1 Å². The summed E-state index contributed by atoms with van der Waals surface area (Å²) in [6.45, 7) is 2.94. The maximum absolute atomic E-state index is 12.2. The fourth-order valence-electron chi connectivity index (χ4n) is 1.43. The Hall–Kier alpha value is -0.900. The van der Waals surface area contributed by atoms with Crippen LogP contribution in [0.15, 0.2) is 5.16 Å². The molecule has 1 unspecified atom stereocenters. The molecule has 1 aliphatic rings. The van der Waals surface area contributed by atoms with E-state index in [4.69, 9.17) is 15.7 Å². The molecule has 0 spiro atoms. The number of amidine groups is 1. The standard InChI is InChI=1S/C8H18N4O4S/c1-7(8(9)10-13)11(2)17(14,15)12-3-5-16-6-4-12/h7,13H,3-6H2,1-2H3,(H2,9,10). The van der Waals surface area contributed by atoms with Crippen LogP contribution in [-0.2, 0) is 14.9 Å². The number of likely N-dealkylation sites (N-methyl/N-ethyl adjacent to an activating group) is 1. The molecule has 1 heterocycles. The molecule has 9 heteroatoms. The highest BCUT2D eigenvalue weighted by atomic mass is 32.2. The Labute approximate surface area is 101 Å². The molecule has 1 rings (SSSR count). The molecule has 0 radical (unpaired) electrons. The first-order chi connectivity index (χ1) is 7.91. The summed E-state index contributed by atoms with van der Waals surface area (Å²) in [5.41, 5.74) is 5.39. The molecule has 0 bridgehead atoms. The van der Waals surface area contributed by atoms with Crippen molar-refractivity contribution in [2.24, 2.45) is 10.9 Å². The van der Waals surface area contributed by atoms with E-state index in [9.17, 15) is 8.42 Å². The second-order valence-corrected chi connectivity index (χ2v) is 5.72. The smallest absolute Gasteiger partial charge is 0.282 e. The summed E-state index contributed by atoms with van der Waals surface area (Å²) in [4.78, 5) is 0. The van der Waals surface area contributed by atoms with Crippen LogP contribution in [0.2, 0.25) is 0 Å². The van der Waals surface area contributed by atoms with Gasteiger partial charge >= 0.3 is 0 Å². The van der Waals surface area contributed by atoms with Crippen LogP contribution in [0.25, 0.3) is 0 Å². The fourth-order valence-corrected chi connectivity index (χ4v) is 2.91. The van der Waals surface area contributed by atoms with Crippen LogP contribution in [0.3, 0.4) is 0 Å². The molecule has 17 heavy (non-hydrogen) atoms. The van der Waals surface area contributed by atoms with E-state index in [0.717, 1.165) is 4.31 Å². The van der Waals surface area contributed by atoms with Crippen molar-refractivity contribution in [3.05, 3.63) is 0 Å². The number of hydrogen-bond acceptors (Lipinski definition) is 5. The molecule has 1 fully saturated rings. The normalized spacial score (nSPS) is 21.7. The maximum atomic E-state index is 12.2. The van der Waals surface area contributed by atoms with Crippen LogP contribution < -0.4 is 5.73 Å². The Kier molecular flexibility index (Phi) is 4.69. The topological polar surface area (TPSA) is 108 Å². The first-order valence-electron chi connectivity index (χ1n) is 5.19. The van der Waals surface area contributed by atoms with Gasteiger partial charge in [0.25, 0.3) is 10.2 Å². The number of nitrogens with two attached hydrogens (primary N) is 1. The van der Waals surface area contributed by atoms with Gasteiger partial charge in [-0.3, -0.25) is 0 Å². The molecule has 100 valence electrons. The molecular weight excluding hydrogens is 248 g/mol. The van der Waals surface area contributed by atoms with Crippen molar-refractivity contribution < 1.29 is 18.4 Å². The molecule has 0 amide bonds. The number of morpholine rings is 1. The van der Waals surface area contributed by atoms with E-state index < -0.39 is 16.3 Å². The number of rotatable bonds is 4. The fraction of sp³-hybridized carbons (Fsp3) is 0.875. The van der Waals surface area contributed by atoms with Crippen LogP contribution >= 0.6 is 0 Å². The SMILES string of the molecule is CC(C(N)=NO)N(C)S(=O)(=O)N1CCOCC1.